The van der Waals surface area contributed by atoms with Crippen LogP contribution in [-0.2, 0) is 0 Å². The Bertz CT molecular complexity index is 1140. The number of ether oxygens (including phenoxy) is 1. The van der Waals surface area contributed by atoms with Crippen LogP contribution in [0.4, 0.5) is 18.9 Å². The molecule has 1 fully saturated rings. The molecule has 2 heterocycles. The number of anilines is 1. The van der Waals surface area contributed by atoms with Crippen molar-refractivity contribution in [2.24, 2.45) is 16.6 Å². The van der Waals surface area contributed by atoms with Crippen molar-refractivity contribution in [2.75, 3.05) is 11.9 Å². The number of nitrogens with two attached hydrogens (primary N) is 1. The molecule has 1 aromatic heterocycles. The number of carbonyl (C=O) groups excluding carboxylic acids is 1. The molecular weight excluding hydrogens is 455 g/mol. The van der Waals surface area contributed by atoms with Crippen LogP contribution in [0.1, 0.15) is 41.6 Å². The third kappa shape index (κ3) is 4.90. The molecule has 3 N–H and O–H groups in total. The Morgan fingerprint density at radius 3 is 2.79 bits per heavy atom. The molecule has 7 nitrogen and oxygen atoms in total. The third-order valence-corrected chi connectivity index (χ3v) is 6.12. The Kier molecular flexibility index (Phi) is 7.17. The number of aryl methyl sites for hydroxylation is 1. The summed E-state index contributed by atoms with van der Waals surface area (Å²) in [6.45, 7) is 5.57. The third-order valence-electron chi connectivity index (χ3n) is 4.91. The van der Waals surface area contributed by atoms with E-state index in [4.69, 9.17) is 16.9 Å². The zero-order chi connectivity index (χ0) is 24.3. The van der Waals surface area contributed by atoms with E-state index in [-0.39, 0.29) is 40.3 Å². The Morgan fingerprint density at radius 2 is 2.12 bits per heavy atom. The predicted octanol–water partition coefficient (Wildman–Crippen LogP) is 3.95. The van der Waals surface area contributed by atoms with Crippen LogP contribution in [0.25, 0.3) is 0 Å². The van der Waals surface area contributed by atoms with E-state index in [1.807, 2.05) is 13.8 Å². The quantitative estimate of drug-likeness (QED) is 0.633. The van der Waals surface area contributed by atoms with E-state index in [1.54, 1.807) is 6.92 Å². The topological polar surface area (TPSA) is 102 Å². The van der Waals surface area contributed by atoms with E-state index in [0.717, 1.165) is 17.8 Å². The number of fused-ring (bicyclic) bond motifs is 1. The summed E-state index contributed by atoms with van der Waals surface area (Å²) < 4.78 is 47.7. The minimum atomic E-state index is -2.98. The fraction of sp³-hybridized carbons (Fsp3) is 0.364. The average Bonchev–Trinajstić information content (AvgIpc) is 3.34. The lowest BCUT2D eigenvalue weighted by molar-refractivity contribution is 0.0947. The molecule has 1 aliphatic carbocycles. The maximum absolute atomic E-state index is 14.5. The van der Waals surface area contributed by atoms with Gasteiger partial charge < -0.3 is 15.8 Å². The number of nitrogens with zero attached hydrogens (tertiary/aromatic N) is 3. The number of thioether (sulfide) groups is 1. The number of aliphatic imine (C=N–C) groups is 1. The Labute approximate surface area is 193 Å². The number of hydrogen-bond donors (Lipinski definition) is 2. The number of hydrogen-bond acceptors (Lipinski definition) is 7. The summed E-state index contributed by atoms with van der Waals surface area (Å²) in [5.74, 6) is -2.99. The number of nitrogens with one attached hydrogen (secondary N) is 1. The van der Waals surface area contributed by atoms with Gasteiger partial charge in [0.25, 0.3) is 11.8 Å². The number of alkyl halides is 2. The highest BCUT2D eigenvalue weighted by atomic mass is 32.2. The summed E-state index contributed by atoms with van der Waals surface area (Å²) in [7, 11) is 0. The van der Waals surface area contributed by atoms with Gasteiger partial charge in [0, 0.05) is 11.3 Å². The first-order chi connectivity index (χ1) is 15.7. The van der Waals surface area contributed by atoms with Gasteiger partial charge in [-0.2, -0.15) is 0 Å². The molecule has 1 saturated carbocycles. The molecular formula is C22H22F3N5O2S. The molecule has 0 spiro atoms. The number of amides is 1. The summed E-state index contributed by atoms with van der Waals surface area (Å²) in [5.41, 5.74) is 6.10. The maximum atomic E-state index is 14.5. The SMILES string of the molecule is C#CCOc1cnc(C(=O)Nc2ccc(F)c(C3N=C(N)SC4C3C4(F)F)c2)c(C)n1.CC. The number of benzene rings is 1. The second-order valence-corrected chi connectivity index (χ2v) is 8.14. The highest BCUT2D eigenvalue weighted by Crippen LogP contribution is 2.64. The van der Waals surface area contributed by atoms with Crippen molar-refractivity contribution in [3.05, 3.63) is 47.2 Å². The van der Waals surface area contributed by atoms with Gasteiger partial charge in [0.05, 0.1) is 29.1 Å². The van der Waals surface area contributed by atoms with E-state index < -0.39 is 34.9 Å². The van der Waals surface area contributed by atoms with E-state index in [2.05, 4.69) is 26.2 Å². The molecule has 2 aliphatic rings. The summed E-state index contributed by atoms with van der Waals surface area (Å²) in [6.07, 6.45) is 6.37. The summed E-state index contributed by atoms with van der Waals surface area (Å²) in [6, 6.07) is 2.55. The van der Waals surface area contributed by atoms with Gasteiger partial charge in [-0.15, -0.1) is 6.42 Å². The lowest BCUT2D eigenvalue weighted by Gasteiger charge is -2.18. The predicted molar refractivity (Wildman–Crippen MR) is 121 cm³/mol. The molecule has 1 aromatic carbocycles. The van der Waals surface area contributed by atoms with Crippen molar-refractivity contribution in [1.29, 1.82) is 0 Å². The summed E-state index contributed by atoms with van der Waals surface area (Å²) in [4.78, 5) is 24.8. The Balaban J connectivity index is 0.00000149. The molecule has 11 heteroatoms. The number of terminal acetylenes is 1. The van der Waals surface area contributed by atoms with Crippen LogP contribution in [0.5, 0.6) is 5.88 Å². The fourth-order valence-electron chi connectivity index (χ4n) is 3.40. The molecule has 0 saturated heterocycles. The van der Waals surface area contributed by atoms with Gasteiger partial charge in [-0.25, -0.2) is 23.1 Å². The molecule has 4 rings (SSSR count). The second kappa shape index (κ2) is 9.70. The molecule has 0 radical (unpaired) electrons. The van der Waals surface area contributed by atoms with Crippen LogP contribution in [0.15, 0.2) is 29.4 Å². The number of halogens is 3. The van der Waals surface area contributed by atoms with Crippen molar-refractivity contribution in [2.45, 2.75) is 38.0 Å². The van der Waals surface area contributed by atoms with Crippen molar-refractivity contribution < 1.29 is 22.7 Å². The molecule has 0 bridgehead atoms. The van der Waals surface area contributed by atoms with Gasteiger partial charge in [-0.3, -0.25) is 9.79 Å². The zero-order valence-corrected chi connectivity index (χ0v) is 18.9. The lowest BCUT2D eigenvalue weighted by Crippen LogP contribution is -2.19. The number of carbonyl (C=O) groups is 1. The number of aromatic nitrogens is 2. The highest BCUT2D eigenvalue weighted by Gasteiger charge is 2.73. The van der Waals surface area contributed by atoms with E-state index >= 15 is 0 Å². The highest BCUT2D eigenvalue weighted by molar-refractivity contribution is 8.14. The van der Waals surface area contributed by atoms with Crippen LogP contribution in [-0.4, -0.2) is 38.8 Å². The van der Waals surface area contributed by atoms with Gasteiger partial charge >= 0.3 is 0 Å². The second-order valence-electron chi connectivity index (χ2n) is 6.98. The molecule has 2 aromatic rings. The van der Waals surface area contributed by atoms with Crippen molar-refractivity contribution in [3.8, 4) is 18.2 Å². The summed E-state index contributed by atoms with van der Waals surface area (Å²) >= 11 is 0.795. The Hall–Kier alpha value is -3.26. The molecule has 33 heavy (non-hydrogen) atoms. The molecule has 3 atom stereocenters. The van der Waals surface area contributed by atoms with Gasteiger partial charge in [0.1, 0.15) is 11.5 Å². The van der Waals surface area contributed by atoms with Gasteiger partial charge in [0.2, 0.25) is 5.88 Å². The van der Waals surface area contributed by atoms with Crippen LogP contribution in [0.3, 0.4) is 0 Å². The number of amidine groups is 1. The smallest absolute Gasteiger partial charge is 0.276 e. The van der Waals surface area contributed by atoms with Gasteiger partial charge in [-0.05, 0) is 25.1 Å². The van der Waals surface area contributed by atoms with Crippen LogP contribution >= 0.6 is 11.8 Å². The molecule has 1 amide bonds. The molecule has 174 valence electrons. The van der Waals surface area contributed by atoms with Gasteiger partial charge in [0.15, 0.2) is 11.8 Å². The first-order valence-corrected chi connectivity index (χ1v) is 11.0. The van der Waals surface area contributed by atoms with E-state index in [1.165, 1.54) is 18.3 Å². The minimum Gasteiger partial charge on any atom is -0.463 e. The normalized spacial score (nSPS) is 22.0. The lowest BCUT2D eigenvalue weighted by atomic mass is 10.0. The van der Waals surface area contributed by atoms with Crippen molar-refractivity contribution >= 4 is 28.5 Å². The Morgan fingerprint density at radius 1 is 1.39 bits per heavy atom. The fourth-order valence-corrected chi connectivity index (χ4v) is 4.54. The molecule has 1 aliphatic heterocycles. The molecule has 3 unspecified atom stereocenters. The zero-order valence-electron chi connectivity index (χ0n) is 18.1. The van der Waals surface area contributed by atoms with Crippen molar-refractivity contribution in [1.82, 2.24) is 9.97 Å². The average molecular weight is 478 g/mol. The van der Waals surface area contributed by atoms with Gasteiger partial charge in [-0.1, -0.05) is 31.5 Å². The van der Waals surface area contributed by atoms with E-state index in [0.29, 0.717) is 0 Å². The van der Waals surface area contributed by atoms with E-state index in [9.17, 15) is 18.0 Å². The standard InChI is InChI=1S/C20H16F3N5O2S.C2H6/c1-3-6-30-13-8-25-15(9(2)26-13)18(29)27-10-4-5-12(21)11(7-10)16-14-17(20(14,22)23)31-19(24)28-16;1-2/h1,4-5,7-8,14,16-17H,6H2,2H3,(H2,24,28)(H,27,29);1-2H3. The summed E-state index contributed by atoms with van der Waals surface area (Å²) in [5, 5.41) is 1.53. The van der Waals surface area contributed by atoms with Crippen LogP contribution in [0.2, 0.25) is 0 Å². The minimum absolute atomic E-state index is 0.00554. The van der Waals surface area contributed by atoms with Crippen LogP contribution in [0, 0.1) is 31.0 Å². The first kappa shape index (κ1) is 24.4. The first-order valence-electron chi connectivity index (χ1n) is 10.1. The monoisotopic (exact) mass is 477 g/mol. The maximum Gasteiger partial charge on any atom is 0.276 e. The van der Waals surface area contributed by atoms with Crippen molar-refractivity contribution in [3.63, 3.8) is 0 Å². The number of rotatable bonds is 5. The largest absolute Gasteiger partial charge is 0.463 e. The van der Waals surface area contributed by atoms with Crippen LogP contribution < -0.4 is 15.8 Å².